The first-order chi connectivity index (χ1) is 15.1. The van der Waals surface area contributed by atoms with E-state index in [1.807, 2.05) is 0 Å². The van der Waals surface area contributed by atoms with Crippen LogP contribution in [0.5, 0.6) is 0 Å². The average Bonchev–Trinajstić information content (AvgIpc) is 3.19. The quantitative estimate of drug-likeness (QED) is 0.612. The number of alkyl halides is 3. The number of nitrogens with zero attached hydrogens (tertiary/aromatic N) is 3. The molecule has 0 saturated heterocycles. The van der Waals surface area contributed by atoms with E-state index in [1.165, 1.54) is 19.2 Å². The first kappa shape index (κ1) is 22.6. The lowest BCUT2D eigenvalue weighted by Gasteiger charge is -2.18. The molecule has 0 radical (unpaired) electrons. The highest BCUT2D eigenvalue weighted by Crippen LogP contribution is 2.34. The zero-order valence-corrected chi connectivity index (χ0v) is 17.3. The number of hydrogen-bond acceptors (Lipinski definition) is 3. The Balaban J connectivity index is 1.82. The summed E-state index contributed by atoms with van der Waals surface area (Å²) in [6.45, 7) is 1.33. The maximum atomic E-state index is 13.8. The number of aromatic nitrogens is 2. The predicted octanol–water partition coefficient (Wildman–Crippen LogP) is 3.89. The van der Waals surface area contributed by atoms with Crippen LogP contribution in [-0.4, -0.2) is 40.1 Å². The van der Waals surface area contributed by atoms with Crippen molar-refractivity contribution in [2.45, 2.75) is 13.1 Å². The largest absolute Gasteiger partial charge is 0.434 e. The van der Waals surface area contributed by atoms with Crippen LogP contribution in [0.1, 0.15) is 27.2 Å². The highest BCUT2D eigenvalue weighted by Gasteiger charge is 2.41. The van der Waals surface area contributed by atoms with Gasteiger partial charge in [0.15, 0.2) is 5.69 Å². The van der Waals surface area contributed by atoms with Crippen LogP contribution in [-0.2, 0) is 11.0 Å². The van der Waals surface area contributed by atoms with E-state index in [1.54, 1.807) is 43.3 Å². The van der Waals surface area contributed by atoms with Crippen LogP contribution < -0.4 is 5.32 Å². The molecule has 3 aromatic rings. The summed E-state index contributed by atoms with van der Waals surface area (Å²) < 4.78 is 42.1. The Bertz CT molecular complexity index is 1190. The fourth-order valence-electron chi connectivity index (χ4n) is 3.04. The molecule has 3 rings (SSSR count). The Labute approximate surface area is 182 Å². The number of amides is 2. The van der Waals surface area contributed by atoms with Crippen LogP contribution >= 0.6 is 0 Å². The van der Waals surface area contributed by atoms with E-state index in [0.29, 0.717) is 15.9 Å². The van der Waals surface area contributed by atoms with Gasteiger partial charge in [0, 0.05) is 18.3 Å². The van der Waals surface area contributed by atoms with Gasteiger partial charge in [0.25, 0.3) is 5.91 Å². The monoisotopic (exact) mass is 440 g/mol. The molecule has 32 heavy (non-hydrogen) atoms. The number of hydrogen-bond donors (Lipinski definition) is 1. The number of likely N-dealkylation sites (N-methyl/N-ethyl adjacent to an activating group) is 1. The molecule has 1 aromatic heterocycles. The predicted molar refractivity (Wildman–Crippen MR) is 113 cm³/mol. The summed E-state index contributed by atoms with van der Waals surface area (Å²) in [6, 6.07) is 12.7. The number of carbonyl (C=O) groups is 2. The molecule has 0 atom stereocenters. The van der Waals surface area contributed by atoms with Gasteiger partial charge in [0.05, 0.1) is 24.0 Å². The Morgan fingerprint density at radius 2 is 1.88 bits per heavy atom. The summed E-state index contributed by atoms with van der Waals surface area (Å²) >= 11 is 0. The van der Waals surface area contributed by atoms with E-state index >= 15 is 0 Å². The normalized spacial score (nSPS) is 11.0. The maximum absolute atomic E-state index is 13.8. The molecule has 2 aromatic carbocycles. The number of halogens is 3. The lowest BCUT2D eigenvalue weighted by Crippen LogP contribution is -2.35. The molecule has 0 unspecified atom stereocenters. The van der Waals surface area contributed by atoms with Crippen LogP contribution in [0.4, 0.5) is 18.9 Å². The molecule has 0 aliphatic carbocycles. The minimum Gasteiger partial charge on any atom is -0.332 e. The average molecular weight is 440 g/mol. The molecule has 0 spiro atoms. The summed E-state index contributed by atoms with van der Waals surface area (Å²) in [5.41, 5.74) is 0.128. The minimum atomic E-state index is -4.84. The van der Waals surface area contributed by atoms with Gasteiger partial charge in [-0.15, -0.1) is 6.42 Å². The standard InChI is InChI=1S/C23H19F3N4O2/c1-4-16-6-5-7-17(12-16)28-20(31)14-29(3)22(32)19-13-27-30(21(19)23(24,25)26)18-10-8-15(2)9-11-18/h1,5-13H,14H2,2-3H3,(H,28,31). The molecule has 6 nitrogen and oxygen atoms in total. The van der Waals surface area contributed by atoms with Gasteiger partial charge in [0.1, 0.15) is 0 Å². The summed E-state index contributed by atoms with van der Waals surface area (Å²) in [6.07, 6.45) is 1.33. The number of rotatable bonds is 5. The lowest BCUT2D eigenvalue weighted by atomic mass is 10.2. The first-order valence-electron chi connectivity index (χ1n) is 9.44. The van der Waals surface area contributed by atoms with Crippen molar-refractivity contribution in [1.29, 1.82) is 0 Å². The van der Waals surface area contributed by atoms with Crippen molar-refractivity contribution in [3.8, 4) is 18.0 Å². The van der Waals surface area contributed by atoms with Crippen LogP contribution in [0, 0.1) is 19.3 Å². The summed E-state index contributed by atoms with van der Waals surface area (Å²) in [5.74, 6) is 0.857. The van der Waals surface area contributed by atoms with E-state index in [9.17, 15) is 22.8 Å². The molecule has 2 amide bonds. The van der Waals surface area contributed by atoms with Crippen LogP contribution in [0.2, 0.25) is 0 Å². The first-order valence-corrected chi connectivity index (χ1v) is 9.44. The third-order valence-electron chi connectivity index (χ3n) is 4.59. The van der Waals surface area contributed by atoms with Crippen LogP contribution in [0.15, 0.2) is 54.7 Å². The van der Waals surface area contributed by atoms with Crippen molar-refractivity contribution in [2.75, 3.05) is 18.9 Å². The molecule has 0 aliphatic rings. The Hall–Kier alpha value is -4.06. The van der Waals surface area contributed by atoms with Crippen molar-refractivity contribution in [2.24, 2.45) is 0 Å². The second kappa shape index (κ2) is 8.98. The van der Waals surface area contributed by atoms with Gasteiger partial charge in [0.2, 0.25) is 5.91 Å². The molecule has 0 bridgehead atoms. The van der Waals surface area contributed by atoms with Crippen molar-refractivity contribution < 1.29 is 22.8 Å². The fraction of sp³-hybridized carbons (Fsp3) is 0.174. The fourth-order valence-corrected chi connectivity index (χ4v) is 3.04. The highest BCUT2D eigenvalue weighted by molar-refractivity contribution is 6.00. The Kier molecular flexibility index (Phi) is 6.35. The van der Waals surface area contributed by atoms with E-state index in [-0.39, 0.29) is 5.69 Å². The van der Waals surface area contributed by atoms with Gasteiger partial charge in [-0.2, -0.15) is 18.3 Å². The number of terminal acetylenes is 1. The SMILES string of the molecule is C#Cc1cccc(NC(=O)CN(C)C(=O)c2cnn(-c3ccc(C)cc3)c2C(F)(F)F)c1. The summed E-state index contributed by atoms with van der Waals surface area (Å²) in [4.78, 5) is 26.0. The molecule has 164 valence electrons. The number of benzene rings is 2. The van der Waals surface area contributed by atoms with Crippen molar-refractivity contribution in [1.82, 2.24) is 14.7 Å². The molecular formula is C23H19F3N4O2. The lowest BCUT2D eigenvalue weighted by molar-refractivity contribution is -0.143. The molecular weight excluding hydrogens is 421 g/mol. The van der Waals surface area contributed by atoms with Gasteiger partial charge in [-0.1, -0.05) is 29.7 Å². The molecule has 0 fully saturated rings. The van der Waals surface area contributed by atoms with Gasteiger partial charge in [-0.25, -0.2) is 4.68 Å². The van der Waals surface area contributed by atoms with E-state index in [0.717, 1.165) is 16.7 Å². The van der Waals surface area contributed by atoms with Gasteiger partial charge < -0.3 is 10.2 Å². The van der Waals surface area contributed by atoms with Crippen molar-refractivity contribution >= 4 is 17.5 Å². The van der Waals surface area contributed by atoms with Gasteiger partial charge in [-0.3, -0.25) is 9.59 Å². The second-order valence-electron chi connectivity index (χ2n) is 7.09. The molecule has 1 N–H and O–H groups in total. The minimum absolute atomic E-state index is 0.163. The maximum Gasteiger partial charge on any atom is 0.434 e. The smallest absolute Gasteiger partial charge is 0.332 e. The number of anilines is 1. The zero-order valence-electron chi connectivity index (χ0n) is 17.3. The van der Waals surface area contributed by atoms with E-state index in [4.69, 9.17) is 6.42 Å². The Morgan fingerprint density at radius 3 is 2.50 bits per heavy atom. The highest BCUT2D eigenvalue weighted by atomic mass is 19.4. The van der Waals surface area contributed by atoms with E-state index < -0.39 is 35.8 Å². The van der Waals surface area contributed by atoms with Crippen molar-refractivity contribution in [3.05, 3.63) is 77.1 Å². The molecule has 0 aliphatic heterocycles. The van der Waals surface area contributed by atoms with E-state index in [2.05, 4.69) is 16.3 Å². The molecule has 0 saturated carbocycles. The topological polar surface area (TPSA) is 67.2 Å². The number of aryl methyl sites for hydroxylation is 1. The number of carbonyl (C=O) groups excluding carboxylic acids is 2. The third-order valence-corrected chi connectivity index (χ3v) is 4.59. The zero-order chi connectivity index (χ0) is 23.5. The summed E-state index contributed by atoms with van der Waals surface area (Å²) in [5, 5.41) is 6.35. The van der Waals surface area contributed by atoms with Crippen LogP contribution in [0.25, 0.3) is 5.69 Å². The van der Waals surface area contributed by atoms with Gasteiger partial charge in [-0.05, 0) is 37.3 Å². The second-order valence-corrected chi connectivity index (χ2v) is 7.09. The van der Waals surface area contributed by atoms with Crippen molar-refractivity contribution in [3.63, 3.8) is 0 Å². The third kappa shape index (κ3) is 4.98. The Morgan fingerprint density at radius 1 is 1.19 bits per heavy atom. The number of nitrogens with one attached hydrogen (secondary N) is 1. The summed E-state index contributed by atoms with van der Waals surface area (Å²) in [7, 11) is 1.24. The molecule has 9 heteroatoms. The van der Waals surface area contributed by atoms with Crippen LogP contribution in [0.3, 0.4) is 0 Å². The van der Waals surface area contributed by atoms with Gasteiger partial charge >= 0.3 is 6.18 Å². The molecule has 1 heterocycles.